The Bertz CT molecular complexity index is 1650. The number of aliphatic carboxylic acids is 1. The smallest absolute Gasteiger partial charge is 0.335 e. The fraction of sp³-hybridized carbons (Fsp3) is 0.881. The van der Waals surface area contributed by atoms with Crippen LogP contribution in [0.5, 0.6) is 0 Å². The maximum Gasteiger partial charge on any atom is 0.335 e. The van der Waals surface area contributed by atoms with Gasteiger partial charge in [-0.05, 0) is 97.2 Å². The summed E-state index contributed by atoms with van der Waals surface area (Å²) in [7, 11) is 0. The molecule has 328 valence electrons. The van der Waals surface area contributed by atoms with Gasteiger partial charge in [-0.15, -0.1) is 0 Å². The first-order valence-corrected chi connectivity index (χ1v) is 20.9. The fourth-order valence-electron chi connectivity index (χ4n) is 13.5. The molecule has 2 heterocycles. The highest BCUT2D eigenvalue weighted by molar-refractivity contribution is 5.79. The summed E-state index contributed by atoms with van der Waals surface area (Å²) in [6.07, 6.45) is -11.4. The molecule has 0 spiro atoms. The number of carbonyl (C=O) groups is 3. The summed E-state index contributed by atoms with van der Waals surface area (Å²) in [5, 5.41) is 94.3. The molecule has 2 saturated heterocycles. The van der Waals surface area contributed by atoms with E-state index in [9.17, 15) is 60.3 Å². The van der Waals surface area contributed by atoms with Crippen molar-refractivity contribution in [1.29, 1.82) is 0 Å². The SMILES string of the molecule is CC1(C)CC[C@]2(C(=O)O[C@@H]3O[C@H](CO)[C@@H](O)[C@H](O)[C@H]3O)CC[C@]3(C)C(=CC[C@H]4[C@@]5(C)C[C@H](O)[C@H](O[C@@H]6O[C@H](C(=O)O)[C@@H](O)[C@H](O)[C@H]6O)[C@](C)(C=O)[C@H]5CC[C@]43C)[C@@H]2C1. The van der Waals surface area contributed by atoms with Crippen LogP contribution in [0.1, 0.15) is 99.3 Å². The van der Waals surface area contributed by atoms with E-state index in [4.69, 9.17) is 18.9 Å². The quantitative estimate of drug-likeness (QED) is 0.0735. The van der Waals surface area contributed by atoms with E-state index in [1.807, 2.05) is 0 Å². The topological polar surface area (TPSA) is 270 Å². The van der Waals surface area contributed by atoms with Crippen molar-refractivity contribution < 1.29 is 79.3 Å². The third kappa shape index (κ3) is 6.29. The Kier molecular flexibility index (Phi) is 11.2. The number of hydrogen-bond donors (Lipinski definition) is 9. The van der Waals surface area contributed by atoms with E-state index in [1.54, 1.807) is 6.92 Å². The van der Waals surface area contributed by atoms with Gasteiger partial charge >= 0.3 is 11.9 Å². The molecule has 0 aromatic rings. The van der Waals surface area contributed by atoms with E-state index < -0.39 is 114 Å². The summed E-state index contributed by atoms with van der Waals surface area (Å²) in [5.41, 5.74) is -2.60. The summed E-state index contributed by atoms with van der Waals surface area (Å²) < 4.78 is 23.1. The van der Waals surface area contributed by atoms with Gasteiger partial charge in [0.25, 0.3) is 0 Å². The number of rotatable bonds is 7. The number of hydrogen-bond acceptors (Lipinski definition) is 15. The molecule has 7 aliphatic rings. The number of aliphatic hydroxyl groups excluding tert-OH is 8. The Labute approximate surface area is 338 Å². The number of carboxylic acids is 1. The molecule has 0 amide bonds. The maximum atomic E-state index is 14.6. The van der Waals surface area contributed by atoms with Gasteiger partial charge in [0.05, 0.1) is 29.6 Å². The molecule has 0 aromatic carbocycles. The molecule has 7 rings (SSSR count). The first-order valence-electron chi connectivity index (χ1n) is 20.9. The molecule has 5 aliphatic carbocycles. The number of allylic oxidation sites excluding steroid dienone is 2. The molecular weight excluding hydrogens is 760 g/mol. The first-order chi connectivity index (χ1) is 27.0. The Balaban J connectivity index is 1.19. The van der Waals surface area contributed by atoms with Crippen molar-refractivity contribution in [3.8, 4) is 0 Å². The molecule has 6 fully saturated rings. The molecule has 0 unspecified atom stereocenters. The summed E-state index contributed by atoms with van der Waals surface area (Å²) in [5.74, 6) is -2.70. The van der Waals surface area contributed by atoms with Crippen LogP contribution in [0.25, 0.3) is 0 Å². The molecule has 16 heteroatoms. The van der Waals surface area contributed by atoms with E-state index in [2.05, 4.69) is 40.7 Å². The highest BCUT2D eigenvalue weighted by Crippen LogP contribution is 2.76. The minimum Gasteiger partial charge on any atom is -0.479 e. The second kappa shape index (κ2) is 14.8. The second-order valence-corrected chi connectivity index (χ2v) is 20.5. The largest absolute Gasteiger partial charge is 0.479 e. The molecule has 9 N–H and O–H groups in total. The Morgan fingerprint density at radius 2 is 1.43 bits per heavy atom. The molecule has 58 heavy (non-hydrogen) atoms. The Morgan fingerprint density at radius 1 is 0.793 bits per heavy atom. The molecule has 0 aromatic heterocycles. The van der Waals surface area contributed by atoms with E-state index >= 15 is 0 Å². The molecule has 20 atom stereocenters. The summed E-state index contributed by atoms with van der Waals surface area (Å²) in [4.78, 5) is 39.7. The Morgan fingerprint density at radius 3 is 2.07 bits per heavy atom. The van der Waals surface area contributed by atoms with Gasteiger partial charge in [-0.2, -0.15) is 0 Å². The fourth-order valence-corrected chi connectivity index (χ4v) is 13.5. The summed E-state index contributed by atoms with van der Waals surface area (Å²) in [6.45, 7) is 12.1. The van der Waals surface area contributed by atoms with Gasteiger partial charge in [0, 0.05) is 0 Å². The van der Waals surface area contributed by atoms with E-state index in [0.717, 1.165) is 12.7 Å². The number of carboxylic acid groups (broad SMARTS) is 1. The lowest BCUT2D eigenvalue weighted by Crippen LogP contribution is -2.69. The molecule has 0 bridgehead atoms. The maximum absolute atomic E-state index is 14.6. The van der Waals surface area contributed by atoms with Crippen molar-refractivity contribution in [2.75, 3.05) is 6.61 Å². The predicted molar refractivity (Wildman–Crippen MR) is 200 cm³/mol. The van der Waals surface area contributed by atoms with Crippen LogP contribution in [-0.2, 0) is 33.3 Å². The van der Waals surface area contributed by atoms with Crippen molar-refractivity contribution in [2.24, 2.45) is 50.2 Å². The van der Waals surface area contributed by atoms with Gasteiger partial charge in [0.2, 0.25) is 6.29 Å². The third-order valence-electron chi connectivity index (χ3n) is 17.1. The normalized spacial score (nSPS) is 53.8. The predicted octanol–water partition coefficient (Wildman–Crippen LogP) is 0.558. The minimum absolute atomic E-state index is 0.0302. The van der Waals surface area contributed by atoms with Crippen molar-refractivity contribution >= 4 is 18.2 Å². The van der Waals surface area contributed by atoms with Crippen molar-refractivity contribution in [1.82, 2.24) is 0 Å². The van der Waals surface area contributed by atoms with Gasteiger partial charge < -0.3 is 69.7 Å². The lowest BCUT2D eigenvalue weighted by Gasteiger charge is -2.71. The van der Waals surface area contributed by atoms with Crippen LogP contribution < -0.4 is 0 Å². The molecule has 0 radical (unpaired) electrons. The van der Waals surface area contributed by atoms with Crippen LogP contribution in [0.3, 0.4) is 0 Å². The zero-order valence-electron chi connectivity index (χ0n) is 34.3. The number of carbonyl (C=O) groups excluding carboxylic acids is 2. The van der Waals surface area contributed by atoms with Crippen LogP contribution in [0, 0.1) is 50.2 Å². The summed E-state index contributed by atoms with van der Waals surface area (Å²) >= 11 is 0. The standard InChI is InChI=1S/C42H64O16/c1-37(2)11-13-42(36(54)58-34-29(50)26(47)25(46)22(17-43)55-34)14-12-40(5)19(20(42)15-37)7-8-24-38(3)16-21(45)32(39(4,18-44)23(38)9-10-41(24,40)6)57-35-30(51)27(48)28(49)31(56-35)33(52)53/h7,18,20-32,34-35,43,45-51H,8-17H2,1-6H3,(H,52,53)/t20-,21-,22+,23-,24-,25+,26-,27-,28-,29+,30+,31-,32-,34-,35-,38-,39+,40+,41+,42-/m0/s1. The van der Waals surface area contributed by atoms with Crippen LogP contribution in [0.2, 0.25) is 0 Å². The number of aliphatic hydroxyl groups is 8. The van der Waals surface area contributed by atoms with Crippen LogP contribution in [-0.4, -0.2) is 144 Å². The lowest BCUT2D eigenvalue weighted by molar-refractivity contribution is -0.332. The molecule has 2 aliphatic heterocycles. The Hall–Kier alpha value is -2.09. The van der Waals surface area contributed by atoms with Gasteiger partial charge in [-0.25, -0.2) is 4.79 Å². The number of aldehydes is 1. The van der Waals surface area contributed by atoms with E-state index in [-0.39, 0.29) is 35.0 Å². The van der Waals surface area contributed by atoms with Gasteiger partial charge in [-0.3, -0.25) is 4.79 Å². The van der Waals surface area contributed by atoms with Crippen molar-refractivity contribution in [2.45, 2.75) is 173 Å². The second-order valence-electron chi connectivity index (χ2n) is 20.5. The van der Waals surface area contributed by atoms with Gasteiger partial charge in [0.15, 0.2) is 12.4 Å². The zero-order valence-corrected chi connectivity index (χ0v) is 34.3. The number of esters is 1. The van der Waals surface area contributed by atoms with Gasteiger partial charge in [0.1, 0.15) is 49.0 Å². The number of fused-ring (bicyclic) bond motifs is 7. The minimum atomic E-state index is -1.93. The zero-order chi connectivity index (χ0) is 42.7. The van der Waals surface area contributed by atoms with Crippen LogP contribution in [0.4, 0.5) is 0 Å². The summed E-state index contributed by atoms with van der Waals surface area (Å²) in [6, 6.07) is 0. The highest BCUT2D eigenvalue weighted by atomic mass is 16.7. The molecular formula is C42H64O16. The third-order valence-corrected chi connectivity index (χ3v) is 17.1. The van der Waals surface area contributed by atoms with Crippen molar-refractivity contribution in [3.63, 3.8) is 0 Å². The average molecular weight is 825 g/mol. The lowest BCUT2D eigenvalue weighted by atomic mass is 9.33. The van der Waals surface area contributed by atoms with Crippen LogP contribution in [0.15, 0.2) is 11.6 Å². The van der Waals surface area contributed by atoms with Gasteiger partial charge in [-0.1, -0.05) is 53.2 Å². The average Bonchev–Trinajstić information content (AvgIpc) is 3.16. The highest BCUT2D eigenvalue weighted by Gasteiger charge is 2.71. The van der Waals surface area contributed by atoms with E-state index in [1.165, 1.54) is 5.57 Å². The monoisotopic (exact) mass is 824 g/mol. The van der Waals surface area contributed by atoms with Crippen LogP contribution >= 0.6 is 0 Å². The van der Waals surface area contributed by atoms with E-state index in [0.29, 0.717) is 44.9 Å². The molecule has 16 nitrogen and oxygen atoms in total. The first kappa shape index (κ1) is 44.0. The molecule has 4 saturated carbocycles. The van der Waals surface area contributed by atoms with Crippen molar-refractivity contribution in [3.05, 3.63) is 11.6 Å². The number of ether oxygens (including phenoxy) is 4.